The molecule has 2 aromatic heterocycles. The summed E-state index contributed by atoms with van der Waals surface area (Å²) in [5, 5.41) is 7.38. The van der Waals surface area contributed by atoms with E-state index in [2.05, 4.69) is 17.2 Å². The summed E-state index contributed by atoms with van der Waals surface area (Å²) in [4.78, 5) is 9.09. The van der Waals surface area contributed by atoms with Crippen molar-refractivity contribution in [3.05, 3.63) is 76.0 Å². The predicted molar refractivity (Wildman–Crippen MR) is 116 cm³/mol. The Morgan fingerprint density at radius 1 is 1.19 bits per heavy atom. The van der Waals surface area contributed by atoms with Gasteiger partial charge in [0.05, 0.1) is 11.6 Å². The van der Waals surface area contributed by atoms with Crippen LogP contribution in [0.15, 0.2) is 54.0 Å². The SMILES string of the molecule is C[C@@H](NCc1cc2cc3c(cc2nc1OCc1cccc(F)c1)OCO3)c1nccs1. The van der Waals surface area contributed by atoms with Crippen molar-refractivity contribution >= 4 is 22.2 Å². The van der Waals surface area contributed by atoms with Gasteiger partial charge in [-0.05, 0) is 36.8 Å². The van der Waals surface area contributed by atoms with Crippen molar-refractivity contribution in [3.8, 4) is 17.4 Å². The summed E-state index contributed by atoms with van der Waals surface area (Å²) in [5.41, 5.74) is 2.38. The fourth-order valence-electron chi connectivity index (χ4n) is 3.42. The van der Waals surface area contributed by atoms with Gasteiger partial charge >= 0.3 is 0 Å². The molecule has 1 N–H and O–H groups in total. The number of benzene rings is 2. The average molecular weight is 437 g/mol. The molecular weight excluding hydrogens is 417 g/mol. The van der Waals surface area contributed by atoms with E-state index in [-0.39, 0.29) is 25.3 Å². The third-order valence-electron chi connectivity index (χ3n) is 5.03. The summed E-state index contributed by atoms with van der Waals surface area (Å²) >= 11 is 1.61. The molecule has 0 fully saturated rings. The zero-order valence-corrected chi connectivity index (χ0v) is 17.6. The first-order valence-corrected chi connectivity index (χ1v) is 10.8. The van der Waals surface area contributed by atoms with E-state index >= 15 is 0 Å². The predicted octanol–water partition coefficient (Wildman–Crippen LogP) is 4.99. The Balaban J connectivity index is 1.44. The molecule has 0 saturated heterocycles. The molecule has 2 aromatic carbocycles. The average Bonchev–Trinajstić information content (AvgIpc) is 3.46. The molecule has 1 aliphatic rings. The molecule has 6 nitrogen and oxygen atoms in total. The lowest BCUT2D eigenvalue weighted by molar-refractivity contribution is 0.174. The molecule has 0 bridgehead atoms. The lowest BCUT2D eigenvalue weighted by Gasteiger charge is -2.15. The molecule has 1 aliphatic heterocycles. The smallest absolute Gasteiger partial charge is 0.231 e. The monoisotopic (exact) mass is 437 g/mol. The number of nitrogens with zero attached hydrogens (tertiary/aromatic N) is 2. The standard InChI is InChI=1S/C23H20FN3O3S/c1-14(23-25-5-6-31-23)26-11-17-8-16-9-20-21(30-13-29-20)10-19(16)27-22(17)28-12-15-3-2-4-18(24)7-15/h2-10,14,26H,11-13H2,1H3/t14-/m1/s1. The molecule has 3 heterocycles. The molecular formula is C23H20FN3O3S. The minimum Gasteiger partial charge on any atom is -0.473 e. The van der Waals surface area contributed by atoms with Gasteiger partial charge in [0, 0.05) is 35.1 Å². The van der Waals surface area contributed by atoms with Crippen LogP contribution in [-0.4, -0.2) is 16.8 Å². The molecule has 0 saturated carbocycles. The van der Waals surface area contributed by atoms with Crippen LogP contribution >= 0.6 is 11.3 Å². The third-order valence-corrected chi connectivity index (χ3v) is 5.99. The van der Waals surface area contributed by atoms with Gasteiger partial charge in [-0.3, -0.25) is 0 Å². The van der Waals surface area contributed by atoms with Crippen molar-refractivity contribution in [2.24, 2.45) is 0 Å². The highest BCUT2D eigenvalue weighted by molar-refractivity contribution is 7.09. The van der Waals surface area contributed by atoms with Crippen LogP contribution < -0.4 is 19.5 Å². The fourth-order valence-corrected chi connectivity index (χ4v) is 4.09. The Kier molecular flexibility index (Phi) is 5.40. The highest BCUT2D eigenvalue weighted by atomic mass is 32.1. The van der Waals surface area contributed by atoms with Gasteiger partial charge in [-0.25, -0.2) is 14.4 Å². The van der Waals surface area contributed by atoms with E-state index in [4.69, 9.17) is 19.2 Å². The zero-order valence-electron chi connectivity index (χ0n) is 16.8. The van der Waals surface area contributed by atoms with Crippen LogP contribution in [0.25, 0.3) is 10.9 Å². The number of ether oxygens (including phenoxy) is 3. The Morgan fingerprint density at radius 2 is 2.06 bits per heavy atom. The molecule has 8 heteroatoms. The Bertz CT molecular complexity index is 1220. The van der Waals surface area contributed by atoms with Crippen LogP contribution in [0.5, 0.6) is 17.4 Å². The lowest BCUT2D eigenvalue weighted by Crippen LogP contribution is -2.18. The van der Waals surface area contributed by atoms with Gasteiger partial charge in [-0.2, -0.15) is 0 Å². The topological polar surface area (TPSA) is 65.5 Å². The second kappa shape index (κ2) is 8.49. The van der Waals surface area contributed by atoms with Gasteiger partial charge < -0.3 is 19.5 Å². The largest absolute Gasteiger partial charge is 0.473 e. The first-order chi connectivity index (χ1) is 15.2. The molecule has 5 rings (SSSR count). The summed E-state index contributed by atoms with van der Waals surface area (Å²) < 4.78 is 30.5. The highest BCUT2D eigenvalue weighted by Crippen LogP contribution is 2.37. The maximum Gasteiger partial charge on any atom is 0.231 e. The Morgan fingerprint density at radius 3 is 2.87 bits per heavy atom. The number of fused-ring (bicyclic) bond motifs is 2. The fraction of sp³-hybridized carbons (Fsp3) is 0.217. The normalized spacial score (nSPS) is 13.5. The van der Waals surface area contributed by atoms with E-state index in [0.29, 0.717) is 23.9 Å². The van der Waals surface area contributed by atoms with Gasteiger partial charge in [0.2, 0.25) is 12.7 Å². The number of hydrogen-bond acceptors (Lipinski definition) is 7. The number of halogens is 1. The highest BCUT2D eigenvalue weighted by Gasteiger charge is 2.18. The second-order valence-corrected chi connectivity index (χ2v) is 8.17. The van der Waals surface area contributed by atoms with Crippen molar-refractivity contribution in [1.29, 1.82) is 0 Å². The molecule has 4 aromatic rings. The van der Waals surface area contributed by atoms with E-state index in [1.165, 1.54) is 12.1 Å². The number of hydrogen-bond donors (Lipinski definition) is 1. The van der Waals surface area contributed by atoms with Gasteiger partial charge in [0.15, 0.2) is 11.5 Å². The minimum absolute atomic E-state index is 0.0866. The maximum atomic E-state index is 13.5. The molecule has 158 valence electrons. The van der Waals surface area contributed by atoms with Gasteiger partial charge in [-0.15, -0.1) is 11.3 Å². The van der Waals surface area contributed by atoms with Gasteiger partial charge in [0.25, 0.3) is 0 Å². The lowest BCUT2D eigenvalue weighted by atomic mass is 10.1. The maximum absolute atomic E-state index is 13.5. The first-order valence-electron chi connectivity index (χ1n) is 9.89. The van der Waals surface area contributed by atoms with E-state index in [1.807, 2.05) is 29.6 Å². The van der Waals surface area contributed by atoms with E-state index in [0.717, 1.165) is 27.0 Å². The Hall–Kier alpha value is -3.23. The molecule has 1 atom stereocenters. The van der Waals surface area contributed by atoms with Crippen molar-refractivity contribution in [3.63, 3.8) is 0 Å². The van der Waals surface area contributed by atoms with Crippen molar-refractivity contribution < 1.29 is 18.6 Å². The molecule has 0 radical (unpaired) electrons. The number of aromatic nitrogens is 2. The molecule has 0 spiro atoms. The summed E-state index contributed by atoms with van der Waals surface area (Å²) in [6, 6.07) is 12.3. The van der Waals surface area contributed by atoms with Crippen LogP contribution in [0.1, 0.15) is 29.1 Å². The number of thiazole rings is 1. The third kappa shape index (κ3) is 4.30. The van der Waals surface area contributed by atoms with Crippen LogP contribution in [-0.2, 0) is 13.2 Å². The van der Waals surface area contributed by atoms with E-state index in [9.17, 15) is 4.39 Å². The molecule has 0 aliphatic carbocycles. The molecule has 0 amide bonds. The van der Waals surface area contributed by atoms with Crippen LogP contribution in [0, 0.1) is 5.82 Å². The van der Waals surface area contributed by atoms with Crippen LogP contribution in [0.4, 0.5) is 4.39 Å². The quantitative estimate of drug-likeness (QED) is 0.440. The van der Waals surface area contributed by atoms with Gasteiger partial charge in [-0.1, -0.05) is 12.1 Å². The van der Waals surface area contributed by atoms with Crippen LogP contribution in [0.3, 0.4) is 0 Å². The zero-order chi connectivity index (χ0) is 21.2. The number of nitrogens with one attached hydrogen (secondary N) is 1. The van der Waals surface area contributed by atoms with E-state index < -0.39 is 0 Å². The van der Waals surface area contributed by atoms with Gasteiger partial charge in [0.1, 0.15) is 17.4 Å². The summed E-state index contributed by atoms with van der Waals surface area (Å²) in [5.74, 6) is 1.58. The van der Waals surface area contributed by atoms with Crippen molar-refractivity contribution in [1.82, 2.24) is 15.3 Å². The first kappa shape index (κ1) is 19.7. The Labute approximate surface area is 182 Å². The van der Waals surface area contributed by atoms with Crippen molar-refractivity contribution in [2.75, 3.05) is 6.79 Å². The second-order valence-electron chi connectivity index (χ2n) is 7.24. The minimum atomic E-state index is -0.292. The summed E-state index contributed by atoms with van der Waals surface area (Å²) in [6.07, 6.45) is 1.80. The summed E-state index contributed by atoms with van der Waals surface area (Å²) in [7, 11) is 0. The van der Waals surface area contributed by atoms with E-state index in [1.54, 1.807) is 23.6 Å². The summed E-state index contributed by atoms with van der Waals surface area (Å²) in [6.45, 7) is 3.03. The number of pyridine rings is 1. The van der Waals surface area contributed by atoms with Crippen LogP contribution in [0.2, 0.25) is 0 Å². The van der Waals surface area contributed by atoms with Crippen molar-refractivity contribution in [2.45, 2.75) is 26.1 Å². The molecule has 0 unspecified atom stereocenters. The number of rotatable bonds is 7. The molecule has 31 heavy (non-hydrogen) atoms.